The van der Waals surface area contributed by atoms with Crippen molar-refractivity contribution in [2.24, 2.45) is 0 Å². The van der Waals surface area contributed by atoms with Gasteiger partial charge in [0.25, 0.3) is 0 Å². The lowest BCUT2D eigenvalue weighted by molar-refractivity contribution is -0.154. The maximum Gasteiger partial charge on any atom is 0.306 e. The highest BCUT2D eigenvalue weighted by Gasteiger charge is 2.13. The summed E-state index contributed by atoms with van der Waals surface area (Å²) in [5.41, 5.74) is 0. The number of rotatable bonds is 29. The Kier molecular flexibility index (Phi) is 30.7. The first-order valence-corrected chi connectivity index (χ1v) is 16.1. The molecule has 0 aromatic rings. The molecule has 0 aromatic heterocycles. The van der Waals surface area contributed by atoms with Gasteiger partial charge in [0, 0.05) is 13.0 Å². The number of carbonyl (C=O) groups is 1. The molecule has 0 amide bonds. The van der Waals surface area contributed by atoms with Gasteiger partial charge in [-0.25, -0.2) is 0 Å². The molecule has 0 aromatic carbocycles. The van der Waals surface area contributed by atoms with E-state index in [4.69, 9.17) is 9.47 Å². The highest BCUT2D eigenvalue weighted by Crippen LogP contribution is 2.11. The molecule has 222 valence electrons. The van der Waals surface area contributed by atoms with Gasteiger partial charge in [-0.15, -0.1) is 0 Å². The van der Waals surface area contributed by atoms with E-state index in [1.165, 1.54) is 89.9 Å². The van der Waals surface area contributed by atoms with Crippen molar-refractivity contribution in [3.63, 3.8) is 0 Å². The molecule has 0 aliphatic rings. The Balaban J connectivity index is 3.50. The zero-order chi connectivity index (χ0) is 27.8. The molecule has 0 saturated carbocycles. The average molecular weight is 535 g/mol. The van der Waals surface area contributed by atoms with Crippen molar-refractivity contribution in [1.82, 2.24) is 0 Å². The van der Waals surface area contributed by atoms with Crippen LogP contribution in [0.2, 0.25) is 0 Å². The molecular formula is C34H62O4. The molecule has 0 saturated heterocycles. The van der Waals surface area contributed by atoms with Crippen molar-refractivity contribution < 1.29 is 19.4 Å². The molecule has 0 radical (unpaired) electrons. The van der Waals surface area contributed by atoms with E-state index in [2.05, 4.69) is 50.3 Å². The van der Waals surface area contributed by atoms with Gasteiger partial charge >= 0.3 is 5.97 Å². The van der Waals surface area contributed by atoms with Gasteiger partial charge in [0.1, 0.15) is 6.10 Å². The number of ether oxygens (including phenoxy) is 2. The maximum atomic E-state index is 12.1. The predicted molar refractivity (Wildman–Crippen MR) is 164 cm³/mol. The summed E-state index contributed by atoms with van der Waals surface area (Å²) >= 11 is 0. The van der Waals surface area contributed by atoms with E-state index in [9.17, 15) is 9.90 Å². The fraction of sp³-hybridized carbons (Fsp3) is 0.794. The van der Waals surface area contributed by atoms with Crippen molar-refractivity contribution in [2.45, 2.75) is 155 Å². The lowest BCUT2D eigenvalue weighted by Gasteiger charge is -2.15. The van der Waals surface area contributed by atoms with E-state index in [1.54, 1.807) is 0 Å². The SMILES string of the molecule is CCCC/C=C\C/C=C\CCCCCCCC(=O)OC(CO)COCCCCCCCC/C=C\CCCC. The van der Waals surface area contributed by atoms with Crippen LogP contribution in [0.4, 0.5) is 0 Å². The Bertz CT molecular complexity index is 567. The van der Waals surface area contributed by atoms with Crippen LogP contribution in [0, 0.1) is 0 Å². The molecule has 1 unspecified atom stereocenters. The number of aliphatic hydroxyl groups is 1. The van der Waals surface area contributed by atoms with E-state index in [-0.39, 0.29) is 19.2 Å². The smallest absolute Gasteiger partial charge is 0.306 e. The standard InChI is InChI=1S/C34H62O4/c1-3-5-7-9-11-13-15-17-18-19-21-23-25-27-29-34(36)38-33(31-35)32-37-30-28-26-24-22-20-16-14-12-10-8-6-4-2/h9-12,15,17,33,35H,3-8,13-14,16,18-32H2,1-2H3/b11-9-,12-10-,17-15-. The molecule has 0 fully saturated rings. The van der Waals surface area contributed by atoms with E-state index in [1.807, 2.05) is 0 Å². The van der Waals surface area contributed by atoms with Crippen molar-refractivity contribution in [3.8, 4) is 0 Å². The zero-order valence-electron chi connectivity index (χ0n) is 25.2. The van der Waals surface area contributed by atoms with Crippen molar-refractivity contribution >= 4 is 5.97 Å². The largest absolute Gasteiger partial charge is 0.457 e. The number of aliphatic hydroxyl groups excluding tert-OH is 1. The Labute approximate surface area is 236 Å². The third-order valence-corrected chi connectivity index (χ3v) is 6.69. The van der Waals surface area contributed by atoms with Crippen LogP contribution in [0.25, 0.3) is 0 Å². The van der Waals surface area contributed by atoms with Gasteiger partial charge in [0.2, 0.25) is 0 Å². The summed E-state index contributed by atoms with van der Waals surface area (Å²) < 4.78 is 11.0. The van der Waals surface area contributed by atoms with Crippen LogP contribution in [-0.4, -0.2) is 37.0 Å². The second kappa shape index (κ2) is 31.8. The summed E-state index contributed by atoms with van der Waals surface area (Å²) in [5, 5.41) is 9.50. The Morgan fingerprint density at radius 3 is 1.66 bits per heavy atom. The molecule has 1 atom stereocenters. The first kappa shape index (κ1) is 36.6. The topological polar surface area (TPSA) is 55.8 Å². The van der Waals surface area contributed by atoms with Crippen LogP contribution < -0.4 is 0 Å². The quantitative estimate of drug-likeness (QED) is 0.0589. The number of allylic oxidation sites excluding steroid dienone is 6. The minimum absolute atomic E-state index is 0.180. The fourth-order valence-electron chi connectivity index (χ4n) is 4.21. The molecule has 4 nitrogen and oxygen atoms in total. The van der Waals surface area contributed by atoms with E-state index >= 15 is 0 Å². The number of esters is 1. The van der Waals surface area contributed by atoms with Gasteiger partial charge in [-0.1, -0.05) is 121 Å². The Morgan fingerprint density at radius 2 is 1.11 bits per heavy atom. The highest BCUT2D eigenvalue weighted by atomic mass is 16.6. The minimum atomic E-state index is -0.541. The van der Waals surface area contributed by atoms with Crippen molar-refractivity contribution in [3.05, 3.63) is 36.5 Å². The van der Waals surface area contributed by atoms with Gasteiger partial charge in [-0.05, 0) is 57.8 Å². The van der Waals surface area contributed by atoms with Gasteiger partial charge < -0.3 is 14.6 Å². The number of carbonyl (C=O) groups excluding carboxylic acids is 1. The number of hydrogen-bond donors (Lipinski definition) is 1. The third kappa shape index (κ3) is 29.2. The summed E-state index contributed by atoms with van der Waals surface area (Å²) in [6.45, 7) is 5.23. The second-order valence-electron chi connectivity index (χ2n) is 10.5. The molecule has 38 heavy (non-hydrogen) atoms. The predicted octanol–water partition coefficient (Wildman–Crippen LogP) is 9.81. The van der Waals surface area contributed by atoms with E-state index in [0.717, 1.165) is 38.5 Å². The molecule has 0 heterocycles. The van der Waals surface area contributed by atoms with Gasteiger partial charge in [-0.2, -0.15) is 0 Å². The monoisotopic (exact) mass is 534 g/mol. The molecule has 0 aliphatic heterocycles. The Hall–Kier alpha value is -1.39. The summed E-state index contributed by atoms with van der Waals surface area (Å²) in [5.74, 6) is -0.220. The fourth-order valence-corrected chi connectivity index (χ4v) is 4.21. The highest BCUT2D eigenvalue weighted by molar-refractivity contribution is 5.69. The van der Waals surface area contributed by atoms with E-state index in [0.29, 0.717) is 13.0 Å². The number of hydrogen-bond acceptors (Lipinski definition) is 4. The molecule has 1 N–H and O–H groups in total. The van der Waals surface area contributed by atoms with Crippen LogP contribution in [0.15, 0.2) is 36.5 Å². The lowest BCUT2D eigenvalue weighted by atomic mass is 10.1. The van der Waals surface area contributed by atoms with Crippen molar-refractivity contribution in [1.29, 1.82) is 0 Å². The van der Waals surface area contributed by atoms with Gasteiger partial charge in [-0.3, -0.25) is 4.79 Å². The summed E-state index contributed by atoms with van der Waals surface area (Å²) in [7, 11) is 0. The van der Waals surface area contributed by atoms with Gasteiger partial charge in [0.15, 0.2) is 0 Å². The maximum absolute atomic E-state index is 12.1. The minimum Gasteiger partial charge on any atom is -0.457 e. The molecular weight excluding hydrogens is 472 g/mol. The van der Waals surface area contributed by atoms with E-state index < -0.39 is 6.10 Å². The van der Waals surface area contributed by atoms with Crippen LogP contribution in [0.3, 0.4) is 0 Å². The zero-order valence-corrected chi connectivity index (χ0v) is 25.2. The number of unbranched alkanes of at least 4 members (excludes halogenated alkanes) is 15. The Morgan fingerprint density at radius 1 is 0.632 bits per heavy atom. The lowest BCUT2D eigenvalue weighted by Crippen LogP contribution is -2.27. The molecule has 0 aliphatic carbocycles. The normalized spacial score (nSPS) is 12.8. The molecule has 4 heteroatoms. The van der Waals surface area contributed by atoms with Gasteiger partial charge in [0.05, 0.1) is 13.2 Å². The third-order valence-electron chi connectivity index (χ3n) is 6.69. The average Bonchev–Trinajstić information content (AvgIpc) is 2.92. The summed E-state index contributed by atoms with van der Waals surface area (Å²) in [4.78, 5) is 12.1. The molecule has 0 bridgehead atoms. The first-order chi connectivity index (χ1) is 18.7. The second-order valence-corrected chi connectivity index (χ2v) is 10.5. The molecule has 0 spiro atoms. The summed E-state index contributed by atoms with van der Waals surface area (Å²) in [6, 6.07) is 0. The summed E-state index contributed by atoms with van der Waals surface area (Å²) in [6.07, 6.45) is 37.4. The van der Waals surface area contributed by atoms with Crippen LogP contribution in [0.5, 0.6) is 0 Å². The van der Waals surface area contributed by atoms with Crippen LogP contribution in [0.1, 0.15) is 149 Å². The van der Waals surface area contributed by atoms with Crippen molar-refractivity contribution in [2.75, 3.05) is 19.8 Å². The van der Waals surface area contributed by atoms with Crippen LogP contribution in [-0.2, 0) is 14.3 Å². The first-order valence-electron chi connectivity index (χ1n) is 16.1. The molecule has 0 rings (SSSR count). The van der Waals surface area contributed by atoms with Crippen LogP contribution >= 0.6 is 0 Å².